The zero-order valence-corrected chi connectivity index (χ0v) is 9.60. The standard InChI is InChI=1S/C10H6FIS/c11-9-4-2-1-3-7(9)8-5-6-13-10(8)12/h1-6H. The zero-order chi connectivity index (χ0) is 9.26. The second-order valence-corrected chi connectivity index (χ2v) is 5.31. The van der Waals surface area contributed by atoms with E-state index in [9.17, 15) is 4.39 Å². The van der Waals surface area contributed by atoms with Crippen molar-refractivity contribution in [3.05, 3.63) is 44.4 Å². The SMILES string of the molecule is Fc1ccccc1-c1ccsc1I. The molecule has 0 nitrogen and oxygen atoms in total. The fourth-order valence-corrected chi connectivity index (χ4v) is 2.71. The van der Waals surface area contributed by atoms with E-state index in [1.807, 2.05) is 17.5 Å². The molecule has 0 saturated carbocycles. The first-order valence-electron chi connectivity index (χ1n) is 3.77. The van der Waals surface area contributed by atoms with Gasteiger partial charge in [0, 0.05) is 11.1 Å². The number of benzene rings is 1. The lowest BCUT2D eigenvalue weighted by Gasteiger charge is -1.99. The maximum absolute atomic E-state index is 13.3. The van der Waals surface area contributed by atoms with Crippen LogP contribution in [0.2, 0.25) is 0 Å². The Morgan fingerprint density at radius 3 is 2.46 bits per heavy atom. The third-order valence-corrected chi connectivity index (χ3v) is 3.82. The van der Waals surface area contributed by atoms with E-state index >= 15 is 0 Å². The van der Waals surface area contributed by atoms with Crippen LogP contribution in [0.3, 0.4) is 0 Å². The highest BCUT2D eigenvalue weighted by Gasteiger charge is 2.07. The van der Waals surface area contributed by atoms with Crippen LogP contribution in [0.15, 0.2) is 35.7 Å². The average Bonchev–Trinajstić information content (AvgIpc) is 2.52. The van der Waals surface area contributed by atoms with Gasteiger partial charge in [-0.2, -0.15) is 0 Å². The molecule has 0 aliphatic carbocycles. The van der Waals surface area contributed by atoms with E-state index in [2.05, 4.69) is 22.6 Å². The van der Waals surface area contributed by atoms with Gasteiger partial charge in [-0.15, -0.1) is 11.3 Å². The van der Waals surface area contributed by atoms with E-state index in [-0.39, 0.29) is 5.82 Å². The van der Waals surface area contributed by atoms with Crippen LogP contribution in [-0.2, 0) is 0 Å². The highest BCUT2D eigenvalue weighted by molar-refractivity contribution is 14.1. The van der Waals surface area contributed by atoms with Gasteiger partial charge in [-0.3, -0.25) is 0 Å². The second kappa shape index (κ2) is 3.75. The van der Waals surface area contributed by atoms with Crippen molar-refractivity contribution in [2.75, 3.05) is 0 Å². The third-order valence-electron chi connectivity index (χ3n) is 1.78. The molecule has 1 aromatic carbocycles. The summed E-state index contributed by atoms with van der Waals surface area (Å²) in [6.07, 6.45) is 0. The summed E-state index contributed by atoms with van der Waals surface area (Å²) in [4.78, 5) is 0. The Morgan fingerprint density at radius 2 is 1.85 bits per heavy atom. The topological polar surface area (TPSA) is 0 Å². The Kier molecular flexibility index (Phi) is 2.64. The molecule has 13 heavy (non-hydrogen) atoms. The summed E-state index contributed by atoms with van der Waals surface area (Å²) in [7, 11) is 0. The predicted octanol–water partition coefficient (Wildman–Crippen LogP) is 4.16. The van der Waals surface area contributed by atoms with Gasteiger partial charge in [0.05, 0.1) is 2.88 Å². The number of hydrogen-bond donors (Lipinski definition) is 0. The minimum Gasteiger partial charge on any atom is -0.206 e. The molecule has 0 bridgehead atoms. The second-order valence-electron chi connectivity index (χ2n) is 2.59. The lowest BCUT2D eigenvalue weighted by Crippen LogP contribution is -1.81. The van der Waals surface area contributed by atoms with E-state index in [1.165, 1.54) is 6.07 Å². The molecule has 1 aromatic heterocycles. The van der Waals surface area contributed by atoms with Gasteiger partial charge >= 0.3 is 0 Å². The maximum Gasteiger partial charge on any atom is 0.131 e. The van der Waals surface area contributed by atoms with Crippen LogP contribution in [0, 0.1) is 8.70 Å². The molecule has 3 heteroatoms. The van der Waals surface area contributed by atoms with Gasteiger partial charge in [0.2, 0.25) is 0 Å². The van der Waals surface area contributed by atoms with Gasteiger partial charge in [0.15, 0.2) is 0 Å². The van der Waals surface area contributed by atoms with E-state index < -0.39 is 0 Å². The molecule has 2 rings (SSSR count). The van der Waals surface area contributed by atoms with Gasteiger partial charge in [-0.05, 0) is 40.1 Å². The summed E-state index contributed by atoms with van der Waals surface area (Å²) < 4.78 is 14.5. The molecule has 0 saturated heterocycles. The van der Waals surface area contributed by atoms with Crippen molar-refractivity contribution >= 4 is 33.9 Å². The van der Waals surface area contributed by atoms with Crippen molar-refractivity contribution in [2.24, 2.45) is 0 Å². The van der Waals surface area contributed by atoms with Crippen molar-refractivity contribution in [1.82, 2.24) is 0 Å². The largest absolute Gasteiger partial charge is 0.206 e. The van der Waals surface area contributed by atoms with Gasteiger partial charge in [-0.1, -0.05) is 18.2 Å². The van der Waals surface area contributed by atoms with Crippen LogP contribution >= 0.6 is 33.9 Å². The molecule has 0 atom stereocenters. The Bertz CT molecular complexity index is 422. The summed E-state index contributed by atoms with van der Waals surface area (Å²) in [5.41, 5.74) is 1.68. The number of hydrogen-bond acceptors (Lipinski definition) is 1. The molecular formula is C10H6FIS. The predicted molar refractivity (Wildman–Crippen MR) is 62.4 cm³/mol. The van der Waals surface area contributed by atoms with Crippen LogP contribution in [-0.4, -0.2) is 0 Å². The summed E-state index contributed by atoms with van der Waals surface area (Å²) in [5, 5.41) is 1.98. The van der Waals surface area contributed by atoms with Gasteiger partial charge in [0.1, 0.15) is 5.82 Å². The smallest absolute Gasteiger partial charge is 0.131 e. The first-order chi connectivity index (χ1) is 6.29. The van der Waals surface area contributed by atoms with Crippen LogP contribution < -0.4 is 0 Å². The molecule has 0 fully saturated rings. The van der Waals surface area contributed by atoms with Crippen molar-refractivity contribution in [3.8, 4) is 11.1 Å². The highest BCUT2D eigenvalue weighted by atomic mass is 127. The molecule has 0 N–H and O–H groups in total. The van der Waals surface area contributed by atoms with Gasteiger partial charge < -0.3 is 0 Å². The maximum atomic E-state index is 13.3. The summed E-state index contributed by atoms with van der Waals surface area (Å²) >= 11 is 3.86. The minimum absolute atomic E-state index is 0.154. The van der Waals surface area contributed by atoms with Gasteiger partial charge in [0.25, 0.3) is 0 Å². The average molecular weight is 304 g/mol. The van der Waals surface area contributed by atoms with E-state index in [1.54, 1.807) is 23.5 Å². The molecule has 0 radical (unpaired) electrons. The molecule has 1 heterocycles. The fraction of sp³-hybridized carbons (Fsp3) is 0. The van der Waals surface area contributed by atoms with Crippen LogP contribution in [0.5, 0.6) is 0 Å². The number of thiophene rings is 1. The number of halogens is 2. The normalized spacial score (nSPS) is 10.3. The number of rotatable bonds is 1. The highest BCUT2D eigenvalue weighted by Crippen LogP contribution is 2.30. The van der Waals surface area contributed by atoms with Crippen molar-refractivity contribution in [1.29, 1.82) is 0 Å². The van der Waals surface area contributed by atoms with E-state index in [4.69, 9.17) is 0 Å². The molecule has 0 amide bonds. The van der Waals surface area contributed by atoms with E-state index in [0.29, 0.717) is 5.56 Å². The Labute approximate surface area is 93.6 Å². The molecular weight excluding hydrogens is 298 g/mol. The van der Waals surface area contributed by atoms with Crippen LogP contribution in [0.4, 0.5) is 4.39 Å². The molecule has 0 aliphatic rings. The lowest BCUT2D eigenvalue weighted by atomic mass is 10.1. The summed E-state index contributed by atoms with van der Waals surface area (Å²) in [6.45, 7) is 0. The minimum atomic E-state index is -0.154. The monoisotopic (exact) mass is 304 g/mol. The van der Waals surface area contributed by atoms with Crippen molar-refractivity contribution in [3.63, 3.8) is 0 Å². The quantitative estimate of drug-likeness (QED) is 0.694. The molecule has 0 aliphatic heterocycles. The third kappa shape index (κ3) is 1.76. The Morgan fingerprint density at radius 1 is 1.08 bits per heavy atom. The van der Waals surface area contributed by atoms with Crippen molar-refractivity contribution < 1.29 is 4.39 Å². The van der Waals surface area contributed by atoms with Crippen LogP contribution in [0.25, 0.3) is 11.1 Å². The summed E-state index contributed by atoms with van der Waals surface area (Å²) in [5.74, 6) is -0.154. The fourth-order valence-electron chi connectivity index (χ4n) is 1.17. The molecule has 0 unspecified atom stereocenters. The zero-order valence-electron chi connectivity index (χ0n) is 6.63. The Balaban J connectivity index is 2.59. The first kappa shape index (κ1) is 9.15. The van der Waals surface area contributed by atoms with E-state index in [0.717, 1.165) is 8.45 Å². The molecule has 2 aromatic rings. The van der Waals surface area contributed by atoms with Crippen LogP contribution in [0.1, 0.15) is 0 Å². The molecule has 0 spiro atoms. The molecule has 66 valence electrons. The summed E-state index contributed by atoms with van der Waals surface area (Å²) in [6, 6.07) is 8.80. The van der Waals surface area contributed by atoms with Crippen molar-refractivity contribution in [2.45, 2.75) is 0 Å². The Hall–Kier alpha value is -0.420. The first-order valence-corrected chi connectivity index (χ1v) is 5.73. The van der Waals surface area contributed by atoms with Gasteiger partial charge in [-0.25, -0.2) is 4.39 Å². The lowest BCUT2D eigenvalue weighted by molar-refractivity contribution is 0.631.